The Kier molecular flexibility index (Phi) is 3.93. The molecule has 0 fully saturated rings. The third-order valence-corrected chi connectivity index (χ3v) is 2.55. The molecule has 3 nitrogen and oxygen atoms in total. The van der Waals surface area contributed by atoms with Crippen molar-refractivity contribution in [3.63, 3.8) is 0 Å². The minimum atomic E-state index is 0.134. The molecule has 0 saturated heterocycles. The SMILES string of the molecule is Cc1cccc(C(=N)N)c1N(C)CC(C)C. The van der Waals surface area contributed by atoms with Gasteiger partial charge in [0.25, 0.3) is 0 Å². The Bertz CT molecular complexity index is 383. The zero-order valence-electron chi connectivity index (χ0n) is 10.5. The number of aryl methyl sites for hydroxylation is 1. The van der Waals surface area contributed by atoms with Crippen molar-refractivity contribution in [2.45, 2.75) is 20.8 Å². The van der Waals surface area contributed by atoms with E-state index in [1.54, 1.807) is 0 Å². The first-order valence-corrected chi connectivity index (χ1v) is 5.58. The monoisotopic (exact) mass is 219 g/mol. The van der Waals surface area contributed by atoms with E-state index in [2.05, 4.69) is 38.8 Å². The molecule has 3 heteroatoms. The lowest BCUT2D eigenvalue weighted by Crippen LogP contribution is -2.26. The van der Waals surface area contributed by atoms with E-state index in [1.807, 2.05) is 12.1 Å². The van der Waals surface area contributed by atoms with Crippen LogP contribution in [-0.4, -0.2) is 19.4 Å². The van der Waals surface area contributed by atoms with Crippen LogP contribution < -0.4 is 10.6 Å². The van der Waals surface area contributed by atoms with E-state index in [4.69, 9.17) is 11.1 Å². The molecule has 1 aromatic rings. The minimum absolute atomic E-state index is 0.134. The Balaban J connectivity index is 3.14. The van der Waals surface area contributed by atoms with Gasteiger partial charge in [-0.05, 0) is 24.5 Å². The van der Waals surface area contributed by atoms with Crippen LogP contribution >= 0.6 is 0 Å². The fourth-order valence-electron chi connectivity index (χ4n) is 2.02. The average Bonchev–Trinajstić information content (AvgIpc) is 2.15. The van der Waals surface area contributed by atoms with Crippen LogP contribution in [0, 0.1) is 18.3 Å². The number of benzene rings is 1. The number of nitrogen functional groups attached to an aromatic ring is 1. The number of anilines is 1. The minimum Gasteiger partial charge on any atom is -0.384 e. The second kappa shape index (κ2) is 5.01. The van der Waals surface area contributed by atoms with Gasteiger partial charge in [-0.1, -0.05) is 26.0 Å². The highest BCUT2D eigenvalue weighted by atomic mass is 15.1. The Labute approximate surface area is 97.8 Å². The topological polar surface area (TPSA) is 53.1 Å². The van der Waals surface area contributed by atoms with Gasteiger partial charge in [-0.25, -0.2) is 0 Å². The molecule has 0 atom stereocenters. The molecule has 0 spiro atoms. The summed E-state index contributed by atoms with van der Waals surface area (Å²) in [6, 6.07) is 5.90. The zero-order valence-corrected chi connectivity index (χ0v) is 10.5. The standard InChI is InChI=1S/C13H21N3/c1-9(2)8-16(4)12-10(3)6-5-7-11(12)13(14)15/h5-7,9H,8H2,1-4H3,(H3,14,15). The highest BCUT2D eigenvalue weighted by molar-refractivity contribution is 6.01. The lowest BCUT2D eigenvalue weighted by Gasteiger charge is -2.25. The average molecular weight is 219 g/mol. The molecule has 0 heterocycles. The number of hydrogen-bond donors (Lipinski definition) is 2. The van der Waals surface area contributed by atoms with Gasteiger partial charge < -0.3 is 10.6 Å². The van der Waals surface area contributed by atoms with Crippen molar-refractivity contribution < 1.29 is 0 Å². The van der Waals surface area contributed by atoms with Gasteiger partial charge in [0.1, 0.15) is 5.84 Å². The van der Waals surface area contributed by atoms with Gasteiger partial charge in [0.2, 0.25) is 0 Å². The molecule has 0 aromatic heterocycles. The van der Waals surface area contributed by atoms with Gasteiger partial charge in [-0.2, -0.15) is 0 Å². The maximum atomic E-state index is 7.60. The molecule has 0 bridgehead atoms. The molecule has 0 amide bonds. The second-order valence-electron chi connectivity index (χ2n) is 4.66. The molecule has 1 rings (SSSR count). The summed E-state index contributed by atoms with van der Waals surface area (Å²) < 4.78 is 0. The van der Waals surface area contributed by atoms with Crippen molar-refractivity contribution in [2.24, 2.45) is 11.7 Å². The van der Waals surface area contributed by atoms with Crippen LogP contribution in [-0.2, 0) is 0 Å². The van der Waals surface area contributed by atoms with E-state index in [9.17, 15) is 0 Å². The fourth-order valence-corrected chi connectivity index (χ4v) is 2.02. The highest BCUT2D eigenvalue weighted by Crippen LogP contribution is 2.24. The Morgan fingerprint density at radius 3 is 2.56 bits per heavy atom. The van der Waals surface area contributed by atoms with Crippen molar-refractivity contribution >= 4 is 11.5 Å². The Morgan fingerprint density at radius 2 is 2.06 bits per heavy atom. The molecule has 16 heavy (non-hydrogen) atoms. The quantitative estimate of drug-likeness (QED) is 0.603. The van der Waals surface area contributed by atoms with E-state index >= 15 is 0 Å². The molecule has 88 valence electrons. The Morgan fingerprint density at radius 1 is 1.44 bits per heavy atom. The number of para-hydroxylation sites is 1. The van der Waals surface area contributed by atoms with Gasteiger partial charge in [0.15, 0.2) is 0 Å². The van der Waals surface area contributed by atoms with Gasteiger partial charge in [-0.3, -0.25) is 5.41 Å². The summed E-state index contributed by atoms with van der Waals surface area (Å²) in [5, 5.41) is 7.60. The van der Waals surface area contributed by atoms with Crippen LogP contribution in [0.4, 0.5) is 5.69 Å². The third-order valence-electron chi connectivity index (χ3n) is 2.55. The lowest BCUT2D eigenvalue weighted by molar-refractivity contribution is 0.637. The number of hydrogen-bond acceptors (Lipinski definition) is 2. The van der Waals surface area contributed by atoms with E-state index < -0.39 is 0 Å². The second-order valence-corrected chi connectivity index (χ2v) is 4.66. The maximum absolute atomic E-state index is 7.60. The van der Waals surface area contributed by atoms with E-state index in [0.717, 1.165) is 23.4 Å². The van der Waals surface area contributed by atoms with E-state index in [0.29, 0.717) is 5.92 Å². The third kappa shape index (κ3) is 2.75. The molecule has 0 radical (unpaired) electrons. The molecule has 1 aromatic carbocycles. The number of rotatable bonds is 4. The van der Waals surface area contributed by atoms with Gasteiger partial charge in [0, 0.05) is 19.2 Å². The molecule has 0 aliphatic carbocycles. The first-order chi connectivity index (χ1) is 7.43. The van der Waals surface area contributed by atoms with Gasteiger partial charge in [-0.15, -0.1) is 0 Å². The number of amidine groups is 1. The number of nitrogens with zero attached hydrogens (tertiary/aromatic N) is 1. The van der Waals surface area contributed by atoms with Crippen molar-refractivity contribution in [3.8, 4) is 0 Å². The summed E-state index contributed by atoms with van der Waals surface area (Å²) in [4.78, 5) is 2.18. The smallest absolute Gasteiger partial charge is 0.124 e. The molecular formula is C13H21N3. The van der Waals surface area contributed by atoms with Crippen LogP contribution in [0.15, 0.2) is 18.2 Å². The van der Waals surface area contributed by atoms with Gasteiger partial charge >= 0.3 is 0 Å². The van der Waals surface area contributed by atoms with Crippen LogP contribution in [0.25, 0.3) is 0 Å². The first kappa shape index (κ1) is 12.6. The van der Waals surface area contributed by atoms with Crippen molar-refractivity contribution in [1.29, 1.82) is 5.41 Å². The number of nitrogens with one attached hydrogen (secondary N) is 1. The van der Waals surface area contributed by atoms with Crippen molar-refractivity contribution in [2.75, 3.05) is 18.5 Å². The summed E-state index contributed by atoms with van der Waals surface area (Å²) in [5.74, 6) is 0.721. The molecular weight excluding hydrogens is 198 g/mol. The summed E-state index contributed by atoms with van der Waals surface area (Å²) >= 11 is 0. The summed E-state index contributed by atoms with van der Waals surface area (Å²) in [7, 11) is 2.05. The maximum Gasteiger partial charge on any atom is 0.124 e. The van der Waals surface area contributed by atoms with Crippen LogP contribution in [0.1, 0.15) is 25.0 Å². The number of nitrogens with two attached hydrogens (primary N) is 1. The van der Waals surface area contributed by atoms with Crippen molar-refractivity contribution in [1.82, 2.24) is 0 Å². The predicted octanol–water partition coefficient (Wildman–Crippen LogP) is 2.37. The summed E-state index contributed by atoms with van der Waals surface area (Å²) in [6.45, 7) is 7.38. The largest absolute Gasteiger partial charge is 0.384 e. The molecule has 0 aliphatic rings. The van der Waals surface area contributed by atoms with Gasteiger partial charge in [0.05, 0.1) is 5.69 Å². The lowest BCUT2D eigenvalue weighted by atomic mass is 10.1. The molecule has 0 aliphatic heterocycles. The normalized spacial score (nSPS) is 10.6. The van der Waals surface area contributed by atoms with Crippen molar-refractivity contribution in [3.05, 3.63) is 29.3 Å². The molecule has 0 unspecified atom stereocenters. The first-order valence-electron chi connectivity index (χ1n) is 5.58. The van der Waals surface area contributed by atoms with Crippen LogP contribution in [0.3, 0.4) is 0 Å². The fraction of sp³-hybridized carbons (Fsp3) is 0.462. The summed E-state index contributed by atoms with van der Waals surface area (Å²) in [5.41, 5.74) is 8.67. The Hall–Kier alpha value is -1.51. The van der Waals surface area contributed by atoms with Crippen LogP contribution in [0.5, 0.6) is 0 Å². The predicted molar refractivity (Wildman–Crippen MR) is 70.3 cm³/mol. The zero-order chi connectivity index (χ0) is 12.3. The van der Waals surface area contributed by atoms with E-state index in [1.165, 1.54) is 0 Å². The highest BCUT2D eigenvalue weighted by Gasteiger charge is 2.12. The van der Waals surface area contributed by atoms with E-state index in [-0.39, 0.29) is 5.84 Å². The summed E-state index contributed by atoms with van der Waals surface area (Å²) in [6.07, 6.45) is 0. The molecule has 0 saturated carbocycles. The van der Waals surface area contributed by atoms with Crippen LogP contribution in [0.2, 0.25) is 0 Å². The molecule has 3 N–H and O–H groups in total.